The molecule has 0 aliphatic carbocycles. The summed E-state index contributed by atoms with van der Waals surface area (Å²) in [5.74, 6) is -0.746. The molecule has 0 aliphatic heterocycles. The van der Waals surface area contributed by atoms with Crippen LogP contribution in [0.2, 0.25) is 5.02 Å². The Morgan fingerprint density at radius 3 is 2.53 bits per heavy atom. The highest BCUT2D eigenvalue weighted by molar-refractivity contribution is 9.10. The van der Waals surface area contributed by atoms with Gasteiger partial charge in [-0.3, -0.25) is 0 Å². The van der Waals surface area contributed by atoms with Crippen LogP contribution in [-0.4, -0.2) is 0 Å². The van der Waals surface area contributed by atoms with Gasteiger partial charge in [-0.2, -0.15) is 0 Å². The van der Waals surface area contributed by atoms with Crippen LogP contribution in [0.4, 0.5) is 8.78 Å². The predicted molar refractivity (Wildman–Crippen MR) is 76.1 cm³/mol. The van der Waals surface area contributed by atoms with Crippen LogP contribution in [0, 0.1) is 11.6 Å². The number of rotatable bonds is 3. The molecule has 0 radical (unpaired) electrons. The summed E-state index contributed by atoms with van der Waals surface area (Å²) in [6, 6.07) is 8.55. The van der Waals surface area contributed by atoms with Crippen LogP contribution in [0.15, 0.2) is 40.9 Å². The molecule has 2 rings (SSSR count). The molecule has 0 fully saturated rings. The van der Waals surface area contributed by atoms with Gasteiger partial charge in [0.2, 0.25) is 0 Å². The molecule has 0 heterocycles. The first kappa shape index (κ1) is 14.4. The lowest BCUT2D eigenvalue weighted by atomic mass is 9.99. The van der Waals surface area contributed by atoms with E-state index in [2.05, 4.69) is 15.9 Å². The minimum absolute atomic E-state index is 0.254. The number of nitrogens with two attached hydrogens (primary N) is 1. The van der Waals surface area contributed by atoms with Crippen molar-refractivity contribution >= 4 is 27.5 Å². The maximum atomic E-state index is 13.7. The van der Waals surface area contributed by atoms with Gasteiger partial charge in [0, 0.05) is 16.6 Å². The van der Waals surface area contributed by atoms with Crippen LogP contribution >= 0.6 is 27.5 Å². The minimum atomic E-state index is -0.453. The Balaban J connectivity index is 2.25. The molecule has 5 heteroatoms. The van der Waals surface area contributed by atoms with E-state index in [1.54, 1.807) is 24.3 Å². The molecule has 19 heavy (non-hydrogen) atoms. The Bertz CT molecular complexity index is 584. The number of benzene rings is 2. The summed E-state index contributed by atoms with van der Waals surface area (Å²) in [6.07, 6.45) is 0.254. The lowest BCUT2D eigenvalue weighted by Gasteiger charge is -2.14. The van der Waals surface area contributed by atoms with Crippen LogP contribution in [-0.2, 0) is 6.42 Å². The average molecular weight is 347 g/mol. The standard InChI is InChI=1S/C14H11BrClF2N/c15-10-6-8(4-5-13(10)18)14(19)7-9-11(16)2-1-3-12(9)17/h1-6,14H,7,19H2. The average Bonchev–Trinajstić information content (AvgIpc) is 2.37. The smallest absolute Gasteiger partial charge is 0.137 e. The lowest BCUT2D eigenvalue weighted by molar-refractivity contribution is 0.591. The van der Waals surface area contributed by atoms with Crippen molar-refractivity contribution in [1.29, 1.82) is 0 Å². The lowest BCUT2D eigenvalue weighted by Crippen LogP contribution is -2.14. The minimum Gasteiger partial charge on any atom is -0.324 e. The zero-order valence-corrected chi connectivity index (χ0v) is 12.2. The van der Waals surface area contributed by atoms with Crippen molar-refractivity contribution in [3.63, 3.8) is 0 Å². The molecule has 1 unspecified atom stereocenters. The molecule has 1 nitrogen and oxygen atoms in total. The van der Waals surface area contributed by atoms with Gasteiger partial charge in [-0.25, -0.2) is 8.78 Å². The maximum absolute atomic E-state index is 13.7. The molecule has 0 amide bonds. The van der Waals surface area contributed by atoms with E-state index in [0.717, 1.165) is 0 Å². The SMILES string of the molecule is NC(Cc1c(F)cccc1Cl)c1ccc(F)c(Br)c1. The van der Waals surface area contributed by atoms with E-state index >= 15 is 0 Å². The molecule has 0 bridgehead atoms. The van der Waals surface area contributed by atoms with E-state index in [0.29, 0.717) is 20.6 Å². The normalized spacial score (nSPS) is 12.5. The summed E-state index contributed by atoms with van der Waals surface area (Å²) in [5, 5.41) is 0.344. The van der Waals surface area contributed by atoms with Gasteiger partial charge in [-0.15, -0.1) is 0 Å². The van der Waals surface area contributed by atoms with Gasteiger partial charge in [-0.1, -0.05) is 23.7 Å². The van der Waals surface area contributed by atoms with E-state index in [1.165, 1.54) is 12.1 Å². The summed E-state index contributed by atoms with van der Waals surface area (Å²) in [6.45, 7) is 0. The fourth-order valence-electron chi connectivity index (χ4n) is 1.81. The first-order valence-corrected chi connectivity index (χ1v) is 6.79. The molecular formula is C14H11BrClF2N. The third kappa shape index (κ3) is 3.32. The number of halogens is 4. The van der Waals surface area contributed by atoms with Gasteiger partial charge in [0.1, 0.15) is 11.6 Å². The van der Waals surface area contributed by atoms with Crippen LogP contribution in [0.5, 0.6) is 0 Å². The Labute approximate surface area is 123 Å². The van der Waals surface area contributed by atoms with Crippen molar-refractivity contribution in [2.45, 2.75) is 12.5 Å². The highest BCUT2D eigenvalue weighted by atomic mass is 79.9. The highest BCUT2D eigenvalue weighted by Crippen LogP contribution is 2.26. The molecule has 0 aromatic heterocycles. The van der Waals surface area contributed by atoms with E-state index in [-0.39, 0.29) is 18.1 Å². The summed E-state index contributed by atoms with van der Waals surface area (Å²) < 4.78 is 27.1. The van der Waals surface area contributed by atoms with Gasteiger partial charge in [0.05, 0.1) is 4.47 Å². The first-order chi connectivity index (χ1) is 8.99. The van der Waals surface area contributed by atoms with Crippen molar-refractivity contribution in [3.8, 4) is 0 Å². The largest absolute Gasteiger partial charge is 0.324 e. The van der Waals surface area contributed by atoms with E-state index in [4.69, 9.17) is 17.3 Å². The van der Waals surface area contributed by atoms with Gasteiger partial charge < -0.3 is 5.73 Å². The summed E-state index contributed by atoms with van der Waals surface area (Å²) >= 11 is 9.05. The fourth-order valence-corrected chi connectivity index (χ4v) is 2.44. The summed E-state index contributed by atoms with van der Waals surface area (Å²) in [7, 11) is 0. The van der Waals surface area contributed by atoms with Crippen molar-refractivity contribution in [2.75, 3.05) is 0 Å². The van der Waals surface area contributed by atoms with Gasteiger partial charge >= 0.3 is 0 Å². The van der Waals surface area contributed by atoms with Crippen LogP contribution in [0.1, 0.15) is 17.2 Å². The van der Waals surface area contributed by atoms with Crippen molar-refractivity contribution in [2.24, 2.45) is 5.73 Å². The van der Waals surface area contributed by atoms with Crippen molar-refractivity contribution < 1.29 is 8.78 Å². The Morgan fingerprint density at radius 1 is 1.16 bits per heavy atom. The summed E-state index contributed by atoms with van der Waals surface area (Å²) in [4.78, 5) is 0. The van der Waals surface area contributed by atoms with Gasteiger partial charge in [-0.05, 0) is 52.2 Å². The molecule has 0 spiro atoms. The third-order valence-electron chi connectivity index (χ3n) is 2.86. The maximum Gasteiger partial charge on any atom is 0.137 e. The van der Waals surface area contributed by atoms with Crippen LogP contribution in [0.25, 0.3) is 0 Å². The molecular weight excluding hydrogens is 336 g/mol. The van der Waals surface area contributed by atoms with Crippen LogP contribution < -0.4 is 5.73 Å². The topological polar surface area (TPSA) is 26.0 Å². The Kier molecular flexibility index (Phi) is 4.55. The molecule has 2 N–H and O–H groups in total. The number of hydrogen-bond acceptors (Lipinski definition) is 1. The molecule has 2 aromatic rings. The van der Waals surface area contributed by atoms with E-state index in [1.807, 2.05) is 0 Å². The Morgan fingerprint density at radius 2 is 1.89 bits per heavy atom. The second kappa shape index (κ2) is 5.99. The second-order valence-electron chi connectivity index (χ2n) is 4.18. The van der Waals surface area contributed by atoms with Gasteiger partial charge in [0.25, 0.3) is 0 Å². The first-order valence-electron chi connectivity index (χ1n) is 5.62. The van der Waals surface area contributed by atoms with E-state index in [9.17, 15) is 8.78 Å². The van der Waals surface area contributed by atoms with Gasteiger partial charge in [0.15, 0.2) is 0 Å². The monoisotopic (exact) mass is 345 g/mol. The number of hydrogen-bond donors (Lipinski definition) is 1. The highest BCUT2D eigenvalue weighted by Gasteiger charge is 2.14. The van der Waals surface area contributed by atoms with Crippen molar-refractivity contribution in [1.82, 2.24) is 0 Å². The molecule has 0 saturated heterocycles. The quantitative estimate of drug-likeness (QED) is 0.862. The predicted octanol–water partition coefficient (Wildman–Crippen LogP) is 4.62. The van der Waals surface area contributed by atoms with E-state index < -0.39 is 6.04 Å². The second-order valence-corrected chi connectivity index (χ2v) is 5.45. The van der Waals surface area contributed by atoms with Crippen molar-refractivity contribution in [3.05, 3.63) is 68.7 Å². The zero-order valence-electron chi connectivity index (χ0n) is 9.84. The molecule has 2 aromatic carbocycles. The van der Waals surface area contributed by atoms with Crippen LogP contribution in [0.3, 0.4) is 0 Å². The third-order valence-corrected chi connectivity index (χ3v) is 3.82. The molecule has 1 atom stereocenters. The molecule has 100 valence electrons. The fraction of sp³-hybridized carbons (Fsp3) is 0.143. The Hall–Kier alpha value is -0.970. The zero-order chi connectivity index (χ0) is 14.0. The summed E-state index contributed by atoms with van der Waals surface area (Å²) in [5.41, 5.74) is 7.10. The molecule has 0 saturated carbocycles. The molecule has 0 aliphatic rings.